The van der Waals surface area contributed by atoms with Gasteiger partial charge >= 0.3 is 0 Å². The van der Waals surface area contributed by atoms with Gasteiger partial charge in [0.15, 0.2) is 0 Å². The molecular weight excluding hydrogens is 288 g/mol. The first kappa shape index (κ1) is 17.0. The molecule has 0 saturated heterocycles. The number of para-hydroxylation sites is 2. The summed E-state index contributed by atoms with van der Waals surface area (Å²) in [5.41, 5.74) is 8.98. The molecule has 0 aliphatic heterocycles. The van der Waals surface area contributed by atoms with Gasteiger partial charge in [-0.2, -0.15) is 0 Å². The lowest BCUT2D eigenvalue weighted by Crippen LogP contribution is -2.05. The Bertz CT molecular complexity index is 614. The highest BCUT2D eigenvalue weighted by Gasteiger charge is 2.03. The maximum atomic E-state index is 6.00. The molecule has 0 amide bonds. The van der Waals surface area contributed by atoms with Crippen LogP contribution in [-0.2, 0) is 6.42 Å². The molecule has 4 nitrogen and oxygen atoms in total. The molecular formula is C19H26N2O2. The second kappa shape index (κ2) is 8.93. The summed E-state index contributed by atoms with van der Waals surface area (Å²) >= 11 is 0. The molecule has 0 heterocycles. The Morgan fingerprint density at radius 3 is 2.43 bits per heavy atom. The van der Waals surface area contributed by atoms with Crippen molar-refractivity contribution in [3.8, 4) is 11.5 Å². The van der Waals surface area contributed by atoms with E-state index in [4.69, 9.17) is 15.2 Å². The topological polar surface area (TPSA) is 56.5 Å². The van der Waals surface area contributed by atoms with E-state index in [9.17, 15) is 0 Å². The number of nitrogen functional groups attached to an aromatic ring is 1. The lowest BCUT2D eigenvalue weighted by Gasteiger charge is -2.12. The SMILES string of the molecule is CCOc1ccc(CCCNc2ccccc2OCC)cc1N. The van der Waals surface area contributed by atoms with Crippen LogP contribution in [0.5, 0.6) is 11.5 Å². The Labute approximate surface area is 138 Å². The molecule has 0 aromatic heterocycles. The first-order chi connectivity index (χ1) is 11.2. The standard InChI is InChI=1S/C19H26N2O2/c1-3-22-18-12-11-15(14-16(18)20)8-7-13-21-17-9-5-6-10-19(17)23-4-2/h5-6,9-12,14,21H,3-4,7-8,13,20H2,1-2H3. The van der Waals surface area contributed by atoms with Gasteiger partial charge in [-0.3, -0.25) is 0 Å². The van der Waals surface area contributed by atoms with Crippen molar-refractivity contribution < 1.29 is 9.47 Å². The Hall–Kier alpha value is -2.36. The molecule has 4 heteroatoms. The predicted molar refractivity (Wildman–Crippen MR) is 96.4 cm³/mol. The fourth-order valence-electron chi connectivity index (χ4n) is 2.45. The number of benzene rings is 2. The number of nitrogens with two attached hydrogens (primary N) is 1. The molecule has 0 atom stereocenters. The number of nitrogens with one attached hydrogen (secondary N) is 1. The summed E-state index contributed by atoms with van der Waals surface area (Å²) in [6, 6.07) is 14.1. The van der Waals surface area contributed by atoms with Crippen LogP contribution >= 0.6 is 0 Å². The number of ether oxygens (including phenoxy) is 2. The van der Waals surface area contributed by atoms with Crippen LogP contribution in [-0.4, -0.2) is 19.8 Å². The Balaban J connectivity index is 1.83. The number of rotatable bonds is 9. The summed E-state index contributed by atoms with van der Waals surface area (Å²) in [7, 11) is 0. The third-order valence-electron chi connectivity index (χ3n) is 3.52. The fourth-order valence-corrected chi connectivity index (χ4v) is 2.45. The van der Waals surface area contributed by atoms with Crippen LogP contribution < -0.4 is 20.5 Å². The molecule has 2 aromatic rings. The van der Waals surface area contributed by atoms with Gasteiger partial charge in [0.05, 0.1) is 24.6 Å². The van der Waals surface area contributed by atoms with Crippen LogP contribution in [0.2, 0.25) is 0 Å². The molecule has 2 aromatic carbocycles. The zero-order valence-electron chi connectivity index (χ0n) is 14.0. The lowest BCUT2D eigenvalue weighted by molar-refractivity contribution is 0.341. The minimum atomic E-state index is 0.632. The third-order valence-corrected chi connectivity index (χ3v) is 3.52. The first-order valence-electron chi connectivity index (χ1n) is 8.21. The highest BCUT2D eigenvalue weighted by molar-refractivity contribution is 5.56. The molecule has 0 aliphatic rings. The van der Waals surface area contributed by atoms with Crippen molar-refractivity contribution in [3.05, 3.63) is 48.0 Å². The van der Waals surface area contributed by atoms with E-state index >= 15 is 0 Å². The molecule has 0 unspecified atom stereocenters. The average molecular weight is 314 g/mol. The van der Waals surface area contributed by atoms with E-state index in [-0.39, 0.29) is 0 Å². The van der Waals surface area contributed by atoms with Crippen molar-refractivity contribution in [1.29, 1.82) is 0 Å². The minimum absolute atomic E-state index is 0.632. The minimum Gasteiger partial charge on any atom is -0.492 e. The van der Waals surface area contributed by atoms with Gasteiger partial charge in [-0.05, 0) is 56.5 Å². The molecule has 0 spiro atoms. The molecule has 3 N–H and O–H groups in total. The van der Waals surface area contributed by atoms with Gasteiger partial charge in [0.2, 0.25) is 0 Å². The molecule has 0 bridgehead atoms. The maximum Gasteiger partial charge on any atom is 0.142 e. The summed E-state index contributed by atoms with van der Waals surface area (Å²) in [6.07, 6.45) is 1.99. The summed E-state index contributed by atoms with van der Waals surface area (Å²) in [4.78, 5) is 0. The summed E-state index contributed by atoms with van der Waals surface area (Å²) in [5.74, 6) is 1.67. The van der Waals surface area contributed by atoms with E-state index in [0.29, 0.717) is 18.9 Å². The smallest absolute Gasteiger partial charge is 0.142 e. The highest BCUT2D eigenvalue weighted by Crippen LogP contribution is 2.25. The largest absolute Gasteiger partial charge is 0.492 e. The van der Waals surface area contributed by atoms with Crippen LogP contribution in [0.3, 0.4) is 0 Å². The number of anilines is 2. The van der Waals surface area contributed by atoms with Gasteiger partial charge in [0.25, 0.3) is 0 Å². The van der Waals surface area contributed by atoms with E-state index in [1.54, 1.807) is 0 Å². The van der Waals surface area contributed by atoms with Gasteiger partial charge in [-0.1, -0.05) is 18.2 Å². The van der Waals surface area contributed by atoms with E-state index in [1.165, 1.54) is 5.56 Å². The van der Waals surface area contributed by atoms with Gasteiger partial charge in [-0.25, -0.2) is 0 Å². The molecule has 0 saturated carbocycles. The lowest BCUT2D eigenvalue weighted by atomic mass is 10.1. The van der Waals surface area contributed by atoms with Crippen LogP contribution in [0.1, 0.15) is 25.8 Å². The van der Waals surface area contributed by atoms with E-state index in [1.807, 2.05) is 50.2 Å². The molecule has 124 valence electrons. The molecule has 0 radical (unpaired) electrons. The summed E-state index contributed by atoms with van der Waals surface area (Å²) < 4.78 is 11.1. The number of hydrogen-bond donors (Lipinski definition) is 2. The van der Waals surface area contributed by atoms with Crippen LogP contribution in [0.15, 0.2) is 42.5 Å². The zero-order chi connectivity index (χ0) is 16.5. The fraction of sp³-hybridized carbons (Fsp3) is 0.368. The molecule has 2 rings (SSSR count). The monoisotopic (exact) mass is 314 g/mol. The summed E-state index contributed by atoms with van der Waals surface area (Å²) in [5, 5.41) is 3.43. The second-order valence-corrected chi connectivity index (χ2v) is 5.26. The molecule has 23 heavy (non-hydrogen) atoms. The van der Waals surface area contributed by atoms with Crippen LogP contribution in [0, 0.1) is 0 Å². The van der Waals surface area contributed by atoms with Gasteiger partial charge < -0.3 is 20.5 Å². The number of hydrogen-bond acceptors (Lipinski definition) is 4. The van der Waals surface area contributed by atoms with Crippen LogP contribution in [0.4, 0.5) is 11.4 Å². The Morgan fingerprint density at radius 2 is 1.70 bits per heavy atom. The Morgan fingerprint density at radius 1 is 0.957 bits per heavy atom. The summed E-state index contributed by atoms with van der Waals surface area (Å²) in [6.45, 7) is 6.14. The second-order valence-electron chi connectivity index (χ2n) is 5.26. The zero-order valence-corrected chi connectivity index (χ0v) is 14.0. The van der Waals surface area contributed by atoms with Crippen LogP contribution in [0.25, 0.3) is 0 Å². The maximum absolute atomic E-state index is 6.00. The quantitative estimate of drug-likeness (QED) is 0.540. The van der Waals surface area contributed by atoms with Crippen molar-refractivity contribution >= 4 is 11.4 Å². The van der Waals surface area contributed by atoms with Crippen molar-refractivity contribution in [2.75, 3.05) is 30.8 Å². The normalized spacial score (nSPS) is 10.3. The molecule has 0 aliphatic carbocycles. The predicted octanol–water partition coefficient (Wildman–Crippen LogP) is 4.11. The van der Waals surface area contributed by atoms with Crippen molar-refractivity contribution in [2.45, 2.75) is 26.7 Å². The van der Waals surface area contributed by atoms with Crippen molar-refractivity contribution in [2.24, 2.45) is 0 Å². The van der Waals surface area contributed by atoms with E-state index < -0.39 is 0 Å². The molecule has 0 fully saturated rings. The third kappa shape index (κ3) is 5.09. The Kier molecular flexibility index (Phi) is 6.60. The van der Waals surface area contributed by atoms with E-state index in [0.717, 1.165) is 36.6 Å². The average Bonchev–Trinajstić information content (AvgIpc) is 2.56. The van der Waals surface area contributed by atoms with E-state index in [2.05, 4.69) is 11.4 Å². The number of aryl methyl sites for hydroxylation is 1. The van der Waals surface area contributed by atoms with Gasteiger partial charge in [0.1, 0.15) is 11.5 Å². The van der Waals surface area contributed by atoms with Crippen molar-refractivity contribution in [1.82, 2.24) is 0 Å². The highest BCUT2D eigenvalue weighted by atomic mass is 16.5. The van der Waals surface area contributed by atoms with Gasteiger partial charge in [0, 0.05) is 6.54 Å². The van der Waals surface area contributed by atoms with Gasteiger partial charge in [-0.15, -0.1) is 0 Å². The van der Waals surface area contributed by atoms with Crippen molar-refractivity contribution in [3.63, 3.8) is 0 Å². The first-order valence-corrected chi connectivity index (χ1v) is 8.21.